The van der Waals surface area contributed by atoms with Crippen LogP contribution in [0.3, 0.4) is 0 Å². The molecule has 0 rings (SSSR count). The summed E-state index contributed by atoms with van der Waals surface area (Å²) < 4.78 is 34.3. The van der Waals surface area contributed by atoms with Gasteiger partial charge in [0.15, 0.2) is 6.10 Å². The fourth-order valence-electron chi connectivity index (χ4n) is 7.07. The Kier molecular flexibility index (Phi) is 50.7. The van der Waals surface area contributed by atoms with E-state index in [4.69, 9.17) is 18.5 Å². The number of carbonyl (C=O) groups is 2. The van der Waals surface area contributed by atoms with Crippen LogP contribution in [-0.2, 0) is 32.7 Å². The molecule has 0 amide bonds. The normalized spacial score (nSPS) is 14.4. The smallest absolute Gasteiger partial charge is 0.461 e. The van der Waals surface area contributed by atoms with Gasteiger partial charge >= 0.3 is 19.8 Å². The Bertz CT molecular complexity index is 1760. The highest BCUT2D eigenvalue weighted by atomic mass is 31.2. The van der Waals surface area contributed by atoms with Crippen molar-refractivity contribution in [3.63, 3.8) is 0 Å². The Morgan fingerprint density at radius 2 is 0.770 bits per heavy atom. The number of quaternary nitrogens is 1. The maximum atomic E-state index is 12.8. The third-order valence-corrected chi connectivity index (χ3v) is 12.4. The van der Waals surface area contributed by atoms with Crippen LogP contribution in [0.2, 0.25) is 0 Å². The van der Waals surface area contributed by atoms with E-state index in [0.29, 0.717) is 23.9 Å². The van der Waals surface area contributed by atoms with Crippen LogP contribution in [0.5, 0.6) is 0 Å². The summed E-state index contributed by atoms with van der Waals surface area (Å²) in [5, 5.41) is 0. The molecule has 74 heavy (non-hydrogen) atoms. The van der Waals surface area contributed by atoms with Crippen molar-refractivity contribution < 1.29 is 42.1 Å². The molecule has 0 fully saturated rings. The molecular weight excluding hydrogens is 942 g/mol. The molecule has 0 aromatic rings. The van der Waals surface area contributed by atoms with Crippen molar-refractivity contribution in [1.29, 1.82) is 0 Å². The minimum atomic E-state index is -4.41. The molecule has 2 unspecified atom stereocenters. The second-order valence-electron chi connectivity index (χ2n) is 19.6. The number of hydrogen-bond acceptors (Lipinski definition) is 7. The van der Waals surface area contributed by atoms with Gasteiger partial charge in [0.05, 0.1) is 34.2 Å². The fraction of sp³-hybridized carbons (Fsp3) is 0.594. The zero-order valence-electron chi connectivity index (χ0n) is 47.3. The first-order chi connectivity index (χ1) is 36.0. The van der Waals surface area contributed by atoms with Crippen LogP contribution in [0.25, 0.3) is 0 Å². The van der Waals surface area contributed by atoms with Crippen molar-refractivity contribution in [3.05, 3.63) is 146 Å². The van der Waals surface area contributed by atoms with Gasteiger partial charge in [0.1, 0.15) is 19.8 Å². The minimum Gasteiger partial charge on any atom is -0.461 e. The van der Waals surface area contributed by atoms with E-state index in [-0.39, 0.29) is 26.1 Å². The molecule has 1 N–H and O–H groups in total. The quantitative estimate of drug-likeness (QED) is 0.0211. The topological polar surface area (TPSA) is 108 Å². The van der Waals surface area contributed by atoms with Crippen molar-refractivity contribution >= 4 is 19.8 Å². The van der Waals surface area contributed by atoms with Crippen LogP contribution in [0, 0.1) is 0 Å². The van der Waals surface area contributed by atoms with E-state index >= 15 is 0 Å². The Hall–Kier alpha value is -4.11. The molecule has 0 spiro atoms. The van der Waals surface area contributed by atoms with Gasteiger partial charge in [-0.1, -0.05) is 230 Å². The van der Waals surface area contributed by atoms with Gasteiger partial charge in [-0.15, -0.1) is 0 Å². The highest BCUT2D eigenvalue weighted by molar-refractivity contribution is 7.47. The van der Waals surface area contributed by atoms with Crippen molar-refractivity contribution in [3.8, 4) is 0 Å². The van der Waals surface area contributed by atoms with Crippen LogP contribution >= 0.6 is 7.82 Å². The lowest BCUT2D eigenvalue weighted by Crippen LogP contribution is -2.37. The summed E-state index contributed by atoms with van der Waals surface area (Å²) in [6.07, 6.45) is 79.6. The molecule has 10 heteroatoms. The molecule has 0 aliphatic heterocycles. The van der Waals surface area contributed by atoms with E-state index < -0.39 is 32.5 Å². The Labute approximate surface area is 453 Å². The largest absolute Gasteiger partial charge is 0.472 e. The molecule has 0 aliphatic carbocycles. The molecule has 0 aliphatic rings. The van der Waals surface area contributed by atoms with E-state index in [1.807, 2.05) is 33.3 Å². The molecule has 2 atom stereocenters. The van der Waals surface area contributed by atoms with E-state index in [9.17, 15) is 19.0 Å². The second-order valence-corrected chi connectivity index (χ2v) is 21.0. The number of carbonyl (C=O) groups excluding carboxylic acids is 2. The highest BCUT2D eigenvalue weighted by Crippen LogP contribution is 2.43. The molecule has 0 saturated carbocycles. The van der Waals surface area contributed by atoms with Crippen molar-refractivity contribution in [2.45, 2.75) is 200 Å². The molecule has 0 aromatic carbocycles. The summed E-state index contributed by atoms with van der Waals surface area (Å²) in [5.74, 6) is -0.957. The first-order valence-electron chi connectivity index (χ1n) is 28.6. The van der Waals surface area contributed by atoms with Gasteiger partial charge in [-0.25, -0.2) is 4.57 Å². The second kappa shape index (κ2) is 53.7. The van der Waals surface area contributed by atoms with Gasteiger partial charge in [-0.3, -0.25) is 18.6 Å². The van der Waals surface area contributed by atoms with E-state index in [1.165, 1.54) is 64.2 Å². The van der Waals surface area contributed by atoms with Crippen molar-refractivity contribution in [1.82, 2.24) is 0 Å². The van der Waals surface area contributed by atoms with E-state index in [2.05, 4.69) is 141 Å². The first kappa shape index (κ1) is 69.9. The molecule has 9 nitrogen and oxygen atoms in total. The standard InChI is InChI=1S/C64H104NO8P/c1-6-8-10-12-14-16-18-20-22-23-24-25-26-27-28-29-30-31-32-33-34-35-36-37-38-39-40-41-43-45-47-49-51-53-55-57-64(67)73-62(61-72-74(68,69)71-59-58-65(3,4)5)60-70-63(66)56-54-52-50-48-46-44-42-21-19-17-15-13-11-9-7-2/h8-11,14-17,20-22,24-25,27-28,30-31,33-34,42,46,48,52,54,62H,6-7,12-13,18-19,23,26,29,32,35-41,43-45,47,49-51,53,55-61H2,1-5H3/p+1/b10-8-,11-9-,16-14-,17-15-,22-20-,25-24-,28-27-,31-30-,34-33-,42-21-,48-46-,54-52-. The van der Waals surface area contributed by atoms with Gasteiger partial charge in [-0.2, -0.15) is 0 Å². The van der Waals surface area contributed by atoms with Crippen LogP contribution in [0.1, 0.15) is 194 Å². The molecular formula is C64H105NO8P+. The first-order valence-corrected chi connectivity index (χ1v) is 30.1. The lowest BCUT2D eigenvalue weighted by molar-refractivity contribution is -0.870. The molecule has 0 aromatic heterocycles. The van der Waals surface area contributed by atoms with Crippen LogP contribution in [0.4, 0.5) is 0 Å². The fourth-order valence-corrected chi connectivity index (χ4v) is 7.81. The zero-order valence-corrected chi connectivity index (χ0v) is 48.2. The summed E-state index contributed by atoms with van der Waals surface area (Å²) in [4.78, 5) is 35.5. The molecule has 418 valence electrons. The maximum Gasteiger partial charge on any atom is 0.472 e. The van der Waals surface area contributed by atoms with Crippen molar-refractivity contribution in [2.75, 3.05) is 47.5 Å². The SMILES string of the molecule is CC/C=C\C/C=C\C/C=C\C/C=C\C/C=C\C/C=C\C/C=C\CCCCCCCCCCCCCCCC(=O)OC(COC(=O)C/C=C\C/C=C\C/C=C\C/C=C\C/C=C\CC)COP(=O)(O)OCC[N+](C)(C)C. The Morgan fingerprint density at radius 3 is 1.15 bits per heavy atom. The number of rotatable bonds is 50. The highest BCUT2D eigenvalue weighted by Gasteiger charge is 2.27. The van der Waals surface area contributed by atoms with E-state index in [0.717, 1.165) is 89.9 Å². The lowest BCUT2D eigenvalue weighted by atomic mass is 10.0. The number of allylic oxidation sites excluding steroid dienone is 23. The van der Waals surface area contributed by atoms with Crippen LogP contribution in [-0.4, -0.2) is 74.9 Å². The van der Waals surface area contributed by atoms with E-state index in [1.54, 1.807) is 6.08 Å². The van der Waals surface area contributed by atoms with Crippen LogP contribution in [0.15, 0.2) is 146 Å². The summed E-state index contributed by atoms with van der Waals surface area (Å²) in [6.45, 7) is 4.06. The predicted molar refractivity (Wildman–Crippen MR) is 316 cm³/mol. The van der Waals surface area contributed by atoms with Gasteiger partial charge in [-0.05, 0) is 96.3 Å². The van der Waals surface area contributed by atoms with Crippen LogP contribution < -0.4 is 0 Å². The summed E-state index contributed by atoms with van der Waals surface area (Å²) in [5.41, 5.74) is 0. The molecule has 0 saturated heterocycles. The monoisotopic (exact) mass is 1050 g/mol. The number of nitrogens with zero attached hydrogens (tertiary/aromatic N) is 1. The summed E-state index contributed by atoms with van der Waals surface area (Å²) in [6, 6.07) is 0. The molecule has 0 radical (unpaired) electrons. The minimum absolute atomic E-state index is 0.0107. The van der Waals surface area contributed by atoms with Gasteiger partial charge in [0, 0.05) is 6.42 Å². The third-order valence-electron chi connectivity index (χ3n) is 11.4. The summed E-state index contributed by atoms with van der Waals surface area (Å²) >= 11 is 0. The zero-order chi connectivity index (χ0) is 54.2. The average molecular weight is 1050 g/mol. The lowest BCUT2D eigenvalue weighted by Gasteiger charge is -2.24. The number of phosphoric ester groups is 1. The number of hydrogen-bond donors (Lipinski definition) is 1. The molecule has 0 bridgehead atoms. The number of esters is 2. The number of phosphoric acid groups is 1. The Balaban J connectivity index is 4.17. The third kappa shape index (κ3) is 57.2. The number of ether oxygens (including phenoxy) is 2. The van der Waals surface area contributed by atoms with Gasteiger partial charge in [0.2, 0.25) is 0 Å². The number of unbranched alkanes of at least 4 members (excludes halogenated alkanes) is 13. The predicted octanol–water partition coefficient (Wildman–Crippen LogP) is 17.9. The van der Waals surface area contributed by atoms with Gasteiger partial charge < -0.3 is 18.9 Å². The molecule has 0 heterocycles. The summed E-state index contributed by atoms with van der Waals surface area (Å²) in [7, 11) is 1.41. The van der Waals surface area contributed by atoms with Gasteiger partial charge in [0.25, 0.3) is 0 Å². The Morgan fingerprint density at radius 1 is 0.432 bits per heavy atom. The van der Waals surface area contributed by atoms with Crippen molar-refractivity contribution in [2.24, 2.45) is 0 Å². The average Bonchev–Trinajstić information content (AvgIpc) is 3.36. The number of likely N-dealkylation sites (N-methyl/N-ethyl adjacent to an activating group) is 1. The maximum absolute atomic E-state index is 12.8.